The first-order chi connectivity index (χ1) is 15.3. The van der Waals surface area contributed by atoms with E-state index < -0.39 is 0 Å². The van der Waals surface area contributed by atoms with Gasteiger partial charge in [0, 0.05) is 31.9 Å². The molecule has 2 heterocycles. The zero-order chi connectivity index (χ0) is 23.1. The van der Waals surface area contributed by atoms with Crippen molar-refractivity contribution in [1.29, 1.82) is 0 Å². The summed E-state index contributed by atoms with van der Waals surface area (Å²) in [5.74, 6) is 0.0163. The summed E-state index contributed by atoms with van der Waals surface area (Å²) >= 11 is 1.51. The average Bonchev–Trinajstić information content (AvgIpc) is 3.12. The molecule has 0 radical (unpaired) electrons. The Morgan fingerprint density at radius 2 is 1.89 bits per heavy atom. The maximum Gasteiger partial charge on any atom is 0.224 e. The van der Waals surface area contributed by atoms with Crippen LogP contribution in [0.5, 0.6) is 0 Å². The van der Waals surface area contributed by atoms with Gasteiger partial charge < -0.3 is 22.1 Å². The van der Waals surface area contributed by atoms with Gasteiger partial charge in [-0.1, -0.05) is 12.1 Å². The van der Waals surface area contributed by atoms with E-state index in [9.17, 15) is 9.59 Å². The van der Waals surface area contributed by atoms with Crippen LogP contribution in [0.4, 0.5) is 10.8 Å². The quantitative estimate of drug-likeness (QED) is 0.287. The van der Waals surface area contributed by atoms with Gasteiger partial charge in [0.2, 0.25) is 11.8 Å². The Morgan fingerprint density at radius 1 is 1.20 bits per heavy atom. The molecule has 196 valence electrons. The lowest BCUT2D eigenvalue weighted by Crippen LogP contribution is -2.41. The van der Waals surface area contributed by atoms with Crippen LogP contribution in [0.2, 0.25) is 0 Å². The van der Waals surface area contributed by atoms with E-state index in [4.69, 9.17) is 11.5 Å². The molecule has 1 aliphatic heterocycles. The van der Waals surface area contributed by atoms with E-state index in [0.29, 0.717) is 10.8 Å². The van der Waals surface area contributed by atoms with Gasteiger partial charge in [-0.15, -0.1) is 36.2 Å². The summed E-state index contributed by atoms with van der Waals surface area (Å²) in [5, 5.41) is 6.19. The summed E-state index contributed by atoms with van der Waals surface area (Å²) in [4.78, 5) is 35.8. The number of nitrogens with two attached hydrogens (primary N) is 2. The van der Waals surface area contributed by atoms with E-state index in [1.165, 1.54) is 18.3 Å². The Morgan fingerprint density at radius 3 is 2.49 bits per heavy atom. The van der Waals surface area contributed by atoms with Crippen molar-refractivity contribution in [3.05, 3.63) is 40.4 Å². The maximum atomic E-state index is 12.1. The molecule has 0 bridgehead atoms. The van der Waals surface area contributed by atoms with Crippen molar-refractivity contribution in [2.24, 2.45) is 22.4 Å². The number of carbonyl (C=O) groups is 2. The summed E-state index contributed by atoms with van der Waals surface area (Å²) in [6.45, 7) is 3.90. The van der Waals surface area contributed by atoms with E-state index in [1.807, 2.05) is 24.3 Å². The third-order valence-corrected chi connectivity index (χ3v) is 6.39. The Labute approximate surface area is 229 Å². The molecular weight excluding hydrogens is 529 g/mol. The highest BCUT2D eigenvalue weighted by atomic mass is 35.5. The van der Waals surface area contributed by atoms with Gasteiger partial charge in [0.15, 0.2) is 11.1 Å². The topological polar surface area (TPSA) is 139 Å². The first-order valence-corrected chi connectivity index (χ1v) is 11.5. The number of aromatic nitrogens is 1. The van der Waals surface area contributed by atoms with Gasteiger partial charge in [-0.05, 0) is 49.9 Å². The standard InChI is InChI=1S/C22H31N7O2S.2ClH.H2S/c1-14(30)26-22-28-18(10-7-15-5-8-17(9-6-15)27-21(23)24)19(32-22)13-29-11-3-4-16(12-29)20(31)25-2;;;/h5-6,8-9,16H,3-4,7,10-13H2,1-2H3,(H,25,31)(H4,23,24,27)(H,26,28,30);2*1H;1H2/t16-;;;/m1.../s1. The van der Waals surface area contributed by atoms with Crippen molar-refractivity contribution in [3.8, 4) is 0 Å². The van der Waals surface area contributed by atoms with Crippen LogP contribution in [0.1, 0.15) is 35.9 Å². The fourth-order valence-electron chi connectivity index (χ4n) is 3.88. The van der Waals surface area contributed by atoms with Crippen molar-refractivity contribution in [2.75, 3.05) is 25.5 Å². The molecule has 1 saturated heterocycles. The van der Waals surface area contributed by atoms with Crippen molar-refractivity contribution >= 4 is 78.2 Å². The SMILES string of the molecule is CNC(=O)[C@@H]1CCCN(Cc2sc(NC(C)=O)nc2CCc2ccc(N=C(N)N)cc2)C1.Cl.Cl.S. The van der Waals surface area contributed by atoms with Gasteiger partial charge in [0.05, 0.1) is 17.3 Å². The second-order valence-electron chi connectivity index (χ2n) is 7.96. The van der Waals surface area contributed by atoms with E-state index >= 15 is 0 Å². The number of piperidine rings is 1. The first kappa shape index (κ1) is 33.0. The Kier molecular flexibility index (Phi) is 14.9. The molecule has 1 aromatic carbocycles. The fourth-order valence-corrected chi connectivity index (χ4v) is 4.97. The lowest BCUT2D eigenvalue weighted by molar-refractivity contribution is -0.126. The first-order valence-electron chi connectivity index (χ1n) is 10.7. The van der Waals surface area contributed by atoms with E-state index in [-0.39, 0.29) is 62.0 Å². The van der Waals surface area contributed by atoms with Crippen molar-refractivity contribution in [2.45, 2.75) is 39.2 Å². The number of aryl methyl sites for hydroxylation is 2. The van der Waals surface area contributed by atoms with Crippen LogP contribution < -0.4 is 22.1 Å². The summed E-state index contributed by atoms with van der Waals surface area (Å²) in [7, 11) is 1.69. The number of thiazole rings is 1. The molecule has 2 amide bonds. The van der Waals surface area contributed by atoms with Crippen molar-refractivity contribution in [1.82, 2.24) is 15.2 Å². The molecule has 3 rings (SSSR count). The number of halogens is 2. The van der Waals surface area contributed by atoms with Gasteiger partial charge >= 0.3 is 0 Å². The third kappa shape index (κ3) is 10.2. The van der Waals surface area contributed by atoms with Crippen LogP contribution in [0.3, 0.4) is 0 Å². The molecule has 6 N–H and O–H groups in total. The molecule has 0 aliphatic carbocycles. The number of benzene rings is 1. The Hall–Kier alpha value is -2.05. The number of hydrogen-bond donors (Lipinski definition) is 4. The molecule has 1 fully saturated rings. The molecule has 35 heavy (non-hydrogen) atoms. The van der Waals surface area contributed by atoms with Gasteiger partial charge in [0.1, 0.15) is 0 Å². The van der Waals surface area contributed by atoms with Gasteiger partial charge in [0.25, 0.3) is 0 Å². The number of nitrogens with one attached hydrogen (secondary N) is 2. The van der Waals surface area contributed by atoms with Crippen LogP contribution in [0.15, 0.2) is 29.3 Å². The molecular formula is C22H35Cl2N7O2S2. The number of hydrogen-bond acceptors (Lipinski definition) is 6. The Bertz CT molecular complexity index is 983. The van der Waals surface area contributed by atoms with Crippen LogP contribution >= 0.6 is 49.6 Å². The number of amides is 2. The minimum atomic E-state index is -0.134. The van der Waals surface area contributed by atoms with Gasteiger partial charge in [-0.25, -0.2) is 9.98 Å². The second-order valence-corrected chi connectivity index (χ2v) is 9.05. The zero-order valence-corrected chi connectivity index (χ0v) is 23.3. The lowest BCUT2D eigenvalue weighted by Gasteiger charge is -2.31. The maximum absolute atomic E-state index is 12.1. The monoisotopic (exact) mass is 563 g/mol. The third-order valence-electron chi connectivity index (χ3n) is 5.40. The number of nitrogens with zero attached hydrogens (tertiary/aromatic N) is 3. The summed E-state index contributed by atoms with van der Waals surface area (Å²) in [6.07, 6.45) is 3.46. The van der Waals surface area contributed by atoms with Crippen LogP contribution in [-0.4, -0.2) is 47.8 Å². The van der Waals surface area contributed by atoms with Crippen LogP contribution in [0, 0.1) is 5.92 Å². The highest BCUT2D eigenvalue weighted by molar-refractivity contribution is 7.59. The summed E-state index contributed by atoms with van der Waals surface area (Å²) in [6, 6.07) is 7.76. The minimum Gasteiger partial charge on any atom is -0.370 e. The molecule has 13 heteroatoms. The molecule has 1 aliphatic rings. The lowest BCUT2D eigenvalue weighted by atomic mass is 9.97. The summed E-state index contributed by atoms with van der Waals surface area (Å²) in [5.41, 5.74) is 13.7. The number of rotatable bonds is 8. The zero-order valence-electron chi connectivity index (χ0n) is 19.9. The normalized spacial score (nSPS) is 15.0. The minimum absolute atomic E-state index is 0. The number of carbonyl (C=O) groups excluding carboxylic acids is 2. The highest BCUT2D eigenvalue weighted by Crippen LogP contribution is 2.28. The predicted molar refractivity (Wildman–Crippen MR) is 153 cm³/mol. The highest BCUT2D eigenvalue weighted by Gasteiger charge is 2.26. The molecule has 1 atom stereocenters. The van der Waals surface area contributed by atoms with Crippen molar-refractivity contribution in [3.63, 3.8) is 0 Å². The van der Waals surface area contributed by atoms with Gasteiger partial charge in [-0.3, -0.25) is 14.5 Å². The van der Waals surface area contributed by atoms with Crippen LogP contribution in [0.25, 0.3) is 0 Å². The largest absolute Gasteiger partial charge is 0.370 e. The molecule has 0 saturated carbocycles. The molecule has 9 nitrogen and oxygen atoms in total. The summed E-state index contributed by atoms with van der Waals surface area (Å²) < 4.78 is 0. The number of anilines is 1. The number of likely N-dealkylation sites (tertiary alicyclic amines) is 1. The molecule has 1 aromatic heterocycles. The molecule has 0 spiro atoms. The predicted octanol–water partition coefficient (Wildman–Crippen LogP) is 2.71. The van der Waals surface area contributed by atoms with E-state index in [2.05, 4.69) is 25.5 Å². The smallest absolute Gasteiger partial charge is 0.224 e. The van der Waals surface area contributed by atoms with E-state index in [1.54, 1.807) is 7.05 Å². The fraction of sp³-hybridized carbons (Fsp3) is 0.455. The Balaban J connectivity index is 0.00000385. The molecule has 2 aromatic rings. The van der Waals surface area contributed by atoms with E-state index in [0.717, 1.165) is 61.5 Å². The number of aliphatic imine (C=N–C) groups is 1. The number of guanidine groups is 1. The van der Waals surface area contributed by atoms with Gasteiger partial charge in [-0.2, -0.15) is 13.5 Å². The second kappa shape index (κ2) is 15.8. The molecule has 0 unspecified atom stereocenters. The van der Waals surface area contributed by atoms with Crippen LogP contribution in [-0.2, 0) is 29.0 Å². The average molecular weight is 565 g/mol. The van der Waals surface area contributed by atoms with Crippen molar-refractivity contribution < 1.29 is 9.59 Å².